The van der Waals surface area contributed by atoms with Crippen molar-refractivity contribution >= 4 is 37.4 Å². The van der Waals surface area contributed by atoms with E-state index in [0.29, 0.717) is 12.3 Å². The number of hydrogen-bond donors (Lipinski definition) is 0. The molecule has 0 spiro atoms. The first kappa shape index (κ1) is 24.5. The highest BCUT2D eigenvalue weighted by Crippen LogP contribution is 2.22. The summed E-state index contributed by atoms with van der Waals surface area (Å²) in [5.41, 5.74) is 4.87. The second-order valence-electron chi connectivity index (χ2n) is 10.1. The first-order valence-electron chi connectivity index (χ1n) is 12.0. The molecule has 1 saturated heterocycles. The summed E-state index contributed by atoms with van der Waals surface area (Å²) in [7, 11) is -1.15. The lowest BCUT2D eigenvalue weighted by Crippen LogP contribution is -2.35. The molecule has 3 aromatic rings. The molecule has 1 aliphatic rings. The number of morpholine rings is 1. The summed E-state index contributed by atoms with van der Waals surface area (Å²) in [6.07, 6.45) is 5.00. The quantitative estimate of drug-likeness (QED) is 0.229. The van der Waals surface area contributed by atoms with Crippen molar-refractivity contribution in [2.45, 2.75) is 39.0 Å². The molecule has 7 heteroatoms. The Bertz CT molecular complexity index is 1130. The second kappa shape index (κ2) is 11.2. The molecule has 2 aromatic carbocycles. The van der Waals surface area contributed by atoms with Gasteiger partial charge in [0, 0.05) is 45.3 Å². The van der Waals surface area contributed by atoms with Crippen LogP contribution in [0.15, 0.2) is 42.5 Å². The molecule has 1 fully saturated rings. The Morgan fingerprint density at radius 2 is 1.76 bits per heavy atom. The molecule has 0 unspecified atom stereocenters. The summed E-state index contributed by atoms with van der Waals surface area (Å²) in [6.45, 7) is 12.7. The van der Waals surface area contributed by atoms with E-state index in [0.717, 1.165) is 73.9 Å². The molecule has 0 radical (unpaired) electrons. The standard InChI is InChI=1S/C27H35N3O3Si/c1-34(2,3)17-16-33-21-30-27-18-24(20-31)8-10-25(27)26(28-30)11-9-22-4-6-23(7-5-22)19-29-12-14-32-15-13-29/h4-11,18,20H,12-17,19,21H2,1-3H3/b11-9+. The normalized spacial score (nSPS) is 15.4. The lowest BCUT2D eigenvalue weighted by atomic mass is 10.1. The van der Waals surface area contributed by atoms with Crippen LogP contribution in [0.1, 0.15) is 27.2 Å². The predicted octanol–water partition coefficient (Wildman–Crippen LogP) is 5.16. The number of hydrogen-bond acceptors (Lipinski definition) is 5. The number of aldehydes is 1. The van der Waals surface area contributed by atoms with Gasteiger partial charge in [-0.25, -0.2) is 4.68 Å². The van der Waals surface area contributed by atoms with Gasteiger partial charge in [0.2, 0.25) is 0 Å². The number of ether oxygens (including phenoxy) is 2. The highest BCUT2D eigenvalue weighted by atomic mass is 28.3. The third kappa shape index (κ3) is 6.73. The van der Waals surface area contributed by atoms with E-state index in [9.17, 15) is 4.79 Å². The van der Waals surface area contributed by atoms with E-state index >= 15 is 0 Å². The van der Waals surface area contributed by atoms with Gasteiger partial charge in [0.15, 0.2) is 0 Å². The Morgan fingerprint density at radius 3 is 2.47 bits per heavy atom. The predicted molar refractivity (Wildman–Crippen MR) is 141 cm³/mol. The van der Waals surface area contributed by atoms with Crippen LogP contribution in [0.5, 0.6) is 0 Å². The van der Waals surface area contributed by atoms with Gasteiger partial charge < -0.3 is 9.47 Å². The van der Waals surface area contributed by atoms with E-state index in [1.165, 1.54) is 5.56 Å². The molecule has 0 saturated carbocycles. The Hall–Kier alpha value is -2.58. The van der Waals surface area contributed by atoms with E-state index in [1.54, 1.807) is 0 Å². The molecule has 0 bridgehead atoms. The summed E-state index contributed by atoms with van der Waals surface area (Å²) in [6, 6.07) is 15.5. The van der Waals surface area contributed by atoms with Gasteiger partial charge in [0.25, 0.3) is 0 Å². The third-order valence-electron chi connectivity index (χ3n) is 6.07. The highest BCUT2D eigenvalue weighted by Gasteiger charge is 2.14. The van der Waals surface area contributed by atoms with Crippen molar-refractivity contribution in [3.63, 3.8) is 0 Å². The van der Waals surface area contributed by atoms with Gasteiger partial charge in [0.1, 0.15) is 13.0 Å². The van der Waals surface area contributed by atoms with Crippen molar-refractivity contribution in [3.8, 4) is 0 Å². The number of nitrogens with zero attached hydrogens (tertiary/aromatic N) is 3. The van der Waals surface area contributed by atoms with E-state index in [4.69, 9.17) is 14.6 Å². The molecule has 1 aromatic heterocycles. The minimum Gasteiger partial charge on any atom is -0.379 e. The molecule has 1 aliphatic heterocycles. The van der Waals surface area contributed by atoms with Crippen LogP contribution in [0.25, 0.3) is 23.1 Å². The van der Waals surface area contributed by atoms with Gasteiger partial charge in [0.05, 0.1) is 24.4 Å². The van der Waals surface area contributed by atoms with Gasteiger partial charge in [-0.2, -0.15) is 5.10 Å². The zero-order valence-electron chi connectivity index (χ0n) is 20.5. The van der Waals surface area contributed by atoms with Crippen LogP contribution in [0.4, 0.5) is 0 Å². The largest absolute Gasteiger partial charge is 0.379 e. The van der Waals surface area contributed by atoms with E-state index in [1.807, 2.05) is 29.0 Å². The lowest BCUT2D eigenvalue weighted by Gasteiger charge is -2.26. The molecule has 4 rings (SSSR count). The van der Waals surface area contributed by atoms with Crippen molar-refractivity contribution in [1.82, 2.24) is 14.7 Å². The molecule has 0 N–H and O–H groups in total. The zero-order valence-corrected chi connectivity index (χ0v) is 21.5. The van der Waals surface area contributed by atoms with Gasteiger partial charge >= 0.3 is 0 Å². The Morgan fingerprint density at radius 1 is 1.03 bits per heavy atom. The van der Waals surface area contributed by atoms with Crippen molar-refractivity contribution in [2.75, 3.05) is 32.9 Å². The first-order chi connectivity index (χ1) is 16.4. The highest BCUT2D eigenvalue weighted by molar-refractivity contribution is 6.76. The van der Waals surface area contributed by atoms with Gasteiger partial charge in [-0.15, -0.1) is 0 Å². The maximum atomic E-state index is 11.3. The number of rotatable bonds is 10. The van der Waals surface area contributed by atoms with Gasteiger partial charge in [-0.3, -0.25) is 9.69 Å². The van der Waals surface area contributed by atoms with Crippen molar-refractivity contribution in [2.24, 2.45) is 0 Å². The number of benzene rings is 2. The average molecular weight is 478 g/mol. The van der Waals surface area contributed by atoms with Crippen molar-refractivity contribution in [1.29, 1.82) is 0 Å². The molecule has 6 nitrogen and oxygen atoms in total. The van der Waals surface area contributed by atoms with Crippen LogP contribution in [-0.2, 0) is 22.7 Å². The summed E-state index contributed by atoms with van der Waals surface area (Å²) < 4.78 is 13.2. The minimum absolute atomic E-state index is 0.382. The Labute approximate surface area is 203 Å². The molecular formula is C27H35N3O3Si. The number of fused-ring (bicyclic) bond motifs is 1. The van der Waals surface area contributed by atoms with Crippen molar-refractivity contribution in [3.05, 3.63) is 64.8 Å². The monoisotopic (exact) mass is 477 g/mol. The van der Waals surface area contributed by atoms with Crippen LogP contribution in [0.3, 0.4) is 0 Å². The summed E-state index contributed by atoms with van der Waals surface area (Å²) in [5, 5.41) is 5.80. The Kier molecular flexibility index (Phi) is 8.10. The van der Waals surface area contributed by atoms with E-state index in [2.05, 4.69) is 54.9 Å². The van der Waals surface area contributed by atoms with E-state index < -0.39 is 8.07 Å². The fourth-order valence-corrected chi connectivity index (χ4v) is 4.72. The third-order valence-corrected chi connectivity index (χ3v) is 7.78. The topological polar surface area (TPSA) is 56.6 Å². The van der Waals surface area contributed by atoms with E-state index in [-0.39, 0.29) is 0 Å². The number of carbonyl (C=O) groups is 1. The molecule has 0 atom stereocenters. The lowest BCUT2D eigenvalue weighted by molar-refractivity contribution is 0.0342. The van der Waals surface area contributed by atoms with Crippen LogP contribution in [0.2, 0.25) is 25.7 Å². The minimum atomic E-state index is -1.15. The smallest absolute Gasteiger partial charge is 0.150 e. The molecule has 2 heterocycles. The Balaban J connectivity index is 1.47. The molecular weight excluding hydrogens is 442 g/mol. The summed E-state index contributed by atoms with van der Waals surface area (Å²) >= 11 is 0. The SMILES string of the molecule is C[Si](C)(C)CCOCn1nc(/C=C/c2ccc(CN3CCOCC3)cc2)c2ccc(C=O)cc21. The van der Waals surface area contributed by atoms with Crippen LogP contribution < -0.4 is 0 Å². The number of aromatic nitrogens is 2. The zero-order chi connectivity index (χ0) is 24.0. The summed E-state index contributed by atoms with van der Waals surface area (Å²) in [5.74, 6) is 0. The van der Waals surface area contributed by atoms with Crippen molar-refractivity contribution < 1.29 is 14.3 Å². The van der Waals surface area contributed by atoms with Crippen LogP contribution in [0, 0.1) is 0 Å². The molecule has 34 heavy (non-hydrogen) atoms. The van der Waals surface area contributed by atoms with Crippen LogP contribution >= 0.6 is 0 Å². The molecule has 0 amide bonds. The fourth-order valence-electron chi connectivity index (χ4n) is 3.97. The first-order valence-corrected chi connectivity index (χ1v) is 15.7. The van der Waals surface area contributed by atoms with Crippen LogP contribution in [-0.4, -0.2) is 62.0 Å². The molecule has 0 aliphatic carbocycles. The molecule has 180 valence electrons. The maximum absolute atomic E-state index is 11.3. The fraction of sp³-hybridized carbons (Fsp3) is 0.407. The average Bonchev–Trinajstić information content (AvgIpc) is 3.18. The van der Waals surface area contributed by atoms with Gasteiger partial charge in [-0.05, 0) is 35.4 Å². The van der Waals surface area contributed by atoms with Gasteiger partial charge in [-0.1, -0.05) is 56.0 Å². The number of carbonyl (C=O) groups excluding carboxylic acids is 1. The maximum Gasteiger partial charge on any atom is 0.150 e. The second-order valence-corrected chi connectivity index (χ2v) is 15.7. The summed E-state index contributed by atoms with van der Waals surface area (Å²) in [4.78, 5) is 13.7.